The summed E-state index contributed by atoms with van der Waals surface area (Å²) in [5.41, 5.74) is 10.3. The first-order chi connectivity index (χ1) is 13.7. The number of hydrogen-bond acceptors (Lipinski definition) is 2. The van der Waals surface area contributed by atoms with E-state index in [0.29, 0.717) is 0 Å². The van der Waals surface area contributed by atoms with Gasteiger partial charge in [0.1, 0.15) is 0 Å². The first-order valence-corrected chi connectivity index (χ1v) is 10.1. The zero-order valence-corrected chi connectivity index (χ0v) is 16.8. The molecule has 2 heteroatoms. The summed E-state index contributed by atoms with van der Waals surface area (Å²) in [6.07, 6.45) is 1.08. The topological polar surface area (TPSA) is 15.3 Å². The summed E-state index contributed by atoms with van der Waals surface area (Å²) < 4.78 is 0. The fourth-order valence-electron chi connectivity index (χ4n) is 4.05. The standard InChI is InChI=1S/C26H28N2/c1-19-14-15-24-21(3)23-12-7-8-13-25(23)28(26(24)20(19)2)17-9-16-27-18-22-10-5-4-6-11-22/h4-8,10-15,27H,3,9,16-18H2,1-2H3. The van der Waals surface area contributed by atoms with E-state index in [1.807, 2.05) is 0 Å². The average molecular weight is 369 g/mol. The normalized spacial score (nSPS) is 12.6. The highest BCUT2D eigenvalue weighted by Crippen LogP contribution is 2.46. The van der Waals surface area contributed by atoms with Crippen LogP contribution in [0.4, 0.5) is 11.4 Å². The molecule has 0 fully saturated rings. The van der Waals surface area contributed by atoms with Crippen molar-refractivity contribution < 1.29 is 0 Å². The Bertz CT molecular complexity index is 989. The van der Waals surface area contributed by atoms with Gasteiger partial charge >= 0.3 is 0 Å². The van der Waals surface area contributed by atoms with Crippen LogP contribution in [0.15, 0.2) is 73.3 Å². The fourth-order valence-corrected chi connectivity index (χ4v) is 4.05. The van der Waals surface area contributed by atoms with Gasteiger partial charge in [-0.25, -0.2) is 0 Å². The Hall–Kier alpha value is -2.84. The van der Waals surface area contributed by atoms with Gasteiger partial charge < -0.3 is 10.2 Å². The first-order valence-electron chi connectivity index (χ1n) is 10.1. The number of nitrogens with one attached hydrogen (secondary N) is 1. The molecule has 28 heavy (non-hydrogen) atoms. The Morgan fingerprint density at radius 1 is 0.857 bits per heavy atom. The average Bonchev–Trinajstić information content (AvgIpc) is 2.73. The van der Waals surface area contributed by atoms with Gasteiger partial charge in [-0.2, -0.15) is 0 Å². The van der Waals surface area contributed by atoms with E-state index in [1.54, 1.807) is 0 Å². The van der Waals surface area contributed by atoms with Gasteiger partial charge in [-0.3, -0.25) is 0 Å². The molecular weight excluding hydrogens is 340 g/mol. The number of rotatable bonds is 6. The van der Waals surface area contributed by atoms with E-state index in [9.17, 15) is 0 Å². The van der Waals surface area contributed by atoms with Crippen molar-refractivity contribution in [1.29, 1.82) is 0 Å². The van der Waals surface area contributed by atoms with E-state index in [2.05, 4.69) is 97.4 Å². The monoisotopic (exact) mass is 368 g/mol. The van der Waals surface area contributed by atoms with Crippen molar-refractivity contribution in [3.63, 3.8) is 0 Å². The summed E-state index contributed by atoms with van der Waals surface area (Å²) in [5, 5.41) is 3.58. The lowest BCUT2D eigenvalue weighted by Crippen LogP contribution is -2.27. The highest BCUT2D eigenvalue weighted by molar-refractivity contribution is 5.98. The number of nitrogens with zero attached hydrogens (tertiary/aromatic N) is 1. The van der Waals surface area contributed by atoms with Gasteiger partial charge in [-0.15, -0.1) is 0 Å². The third-order valence-electron chi connectivity index (χ3n) is 5.72. The molecule has 0 aliphatic carbocycles. The van der Waals surface area contributed by atoms with Crippen LogP contribution in [0, 0.1) is 13.8 Å². The summed E-state index contributed by atoms with van der Waals surface area (Å²) in [6, 6.07) is 23.7. The van der Waals surface area contributed by atoms with E-state index in [1.165, 1.54) is 39.2 Å². The van der Waals surface area contributed by atoms with Crippen molar-refractivity contribution in [2.24, 2.45) is 0 Å². The minimum atomic E-state index is 0.920. The highest BCUT2D eigenvalue weighted by Gasteiger charge is 2.26. The van der Waals surface area contributed by atoms with Crippen LogP contribution in [0.1, 0.15) is 34.2 Å². The van der Waals surface area contributed by atoms with Crippen LogP contribution in [-0.2, 0) is 6.54 Å². The number of benzene rings is 3. The van der Waals surface area contributed by atoms with Crippen molar-refractivity contribution in [3.05, 3.63) is 101 Å². The lowest BCUT2D eigenvalue weighted by Gasteiger charge is -2.36. The number of hydrogen-bond donors (Lipinski definition) is 1. The summed E-state index contributed by atoms with van der Waals surface area (Å²) in [5.74, 6) is 0. The van der Waals surface area contributed by atoms with Gasteiger partial charge in [0.15, 0.2) is 0 Å². The van der Waals surface area contributed by atoms with Gasteiger partial charge in [-0.05, 0) is 55.1 Å². The largest absolute Gasteiger partial charge is 0.340 e. The van der Waals surface area contributed by atoms with Crippen molar-refractivity contribution in [3.8, 4) is 0 Å². The van der Waals surface area contributed by atoms with Crippen LogP contribution >= 0.6 is 0 Å². The van der Waals surface area contributed by atoms with Crippen molar-refractivity contribution in [2.45, 2.75) is 26.8 Å². The Morgan fingerprint density at radius 3 is 2.43 bits per heavy atom. The quantitative estimate of drug-likeness (QED) is 0.537. The second-order valence-corrected chi connectivity index (χ2v) is 7.57. The molecule has 0 saturated heterocycles. The molecule has 4 rings (SSSR count). The van der Waals surface area contributed by atoms with Gasteiger partial charge in [-0.1, -0.05) is 67.2 Å². The molecule has 3 aromatic rings. The molecule has 142 valence electrons. The highest BCUT2D eigenvalue weighted by atomic mass is 15.1. The zero-order valence-electron chi connectivity index (χ0n) is 16.8. The van der Waals surface area contributed by atoms with Crippen molar-refractivity contribution >= 4 is 16.9 Å². The molecule has 1 heterocycles. The maximum atomic E-state index is 4.41. The number of fused-ring (bicyclic) bond motifs is 2. The zero-order chi connectivity index (χ0) is 19.5. The summed E-state index contributed by atoms with van der Waals surface area (Å²) in [6.45, 7) is 11.7. The number of anilines is 2. The minimum Gasteiger partial charge on any atom is -0.340 e. The molecule has 0 atom stereocenters. The molecule has 0 spiro atoms. The van der Waals surface area contributed by atoms with Gasteiger partial charge in [0.25, 0.3) is 0 Å². The molecule has 0 aromatic heterocycles. The fraction of sp³-hybridized carbons (Fsp3) is 0.231. The molecule has 2 nitrogen and oxygen atoms in total. The first kappa shape index (κ1) is 18.5. The van der Waals surface area contributed by atoms with E-state index < -0.39 is 0 Å². The number of aryl methyl sites for hydroxylation is 1. The van der Waals surface area contributed by atoms with E-state index >= 15 is 0 Å². The lowest BCUT2D eigenvalue weighted by atomic mass is 9.88. The van der Waals surface area contributed by atoms with Crippen LogP contribution < -0.4 is 10.2 Å². The summed E-state index contributed by atoms with van der Waals surface area (Å²) in [7, 11) is 0. The van der Waals surface area contributed by atoms with Crippen LogP contribution in [0.3, 0.4) is 0 Å². The summed E-state index contributed by atoms with van der Waals surface area (Å²) >= 11 is 0. The molecule has 0 saturated carbocycles. The van der Waals surface area contributed by atoms with E-state index in [-0.39, 0.29) is 0 Å². The van der Waals surface area contributed by atoms with E-state index in [0.717, 1.165) is 31.6 Å². The van der Waals surface area contributed by atoms with Crippen LogP contribution in [0.25, 0.3) is 5.57 Å². The molecule has 1 aliphatic rings. The summed E-state index contributed by atoms with van der Waals surface area (Å²) in [4.78, 5) is 2.49. The third kappa shape index (κ3) is 3.48. The molecule has 3 aromatic carbocycles. The lowest BCUT2D eigenvalue weighted by molar-refractivity contribution is 0.650. The molecule has 0 unspecified atom stereocenters. The molecule has 1 N–H and O–H groups in total. The molecule has 0 bridgehead atoms. The van der Waals surface area contributed by atoms with Crippen LogP contribution in [0.2, 0.25) is 0 Å². The second-order valence-electron chi connectivity index (χ2n) is 7.57. The van der Waals surface area contributed by atoms with Gasteiger partial charge in [0, 0.05) is 29.9 Å². The predicted molar refractivity (Wildman–Crippen MR) is 120 cm³/mol. The third-order valence-corrected chi connectivity index (χ3v) is 5.72. The van der Waals surface area contributed by atoms with Crippen LogP contribution in [-0.4, -0.2) is 13.1 Å². The molecule has 0 amide bonds. The Balaban J connectivity index is 1.53. The Kier molecular flexibility index (Phi) is 5.31. The van der Waals surface area contributed by atoms with Crippen LogP contribution in [0.5, 0.6) is 0 Å². The van der Waals surface area contributed by atoms with Crippen molar-refractivity contribution in [1.82, 2.24) is 5.32 Å². The Morgan fingerprint density at radius 2 is 1.61 bits per heavy atom. The maximum Gasteiger partial charge on any atom is 0.0522 e. The number of para-hydroxylation sites is 1. The minimum absolute atomic E-state index is 0.920. The van der Waals surface area contributed by atoms with E-state index in [4.69, 9.17) is 0 Å². The molecule has 1 aliphatic heterocycles. The SMILES string of the molecule is C=C1c2ccccc2N(CCCNCc2ccccc2)c2c1ccc(C)c2C. The smallest absolute Gasteiger partial charge is 0.0522 e. The van der Waals surface area contributed by atoms with Gasteiger partial charge in [0.05, 0.1) is 5.69 Å². The molecular formula is C26H28N2. The molecule has 0 radical (unpaired) electrons. The Labute approximate surface area is 168 Å². The second kappa shape index (κ2) is 8.04. The maximum absolute atomic E-state index is 4.41. The van der Waals surface area contributed by atoms with Crippen molar-refractivity contribution in [2.75, 3.05) is 18.0 Å². The van der Waals surface area contributed by atoms with Gasteiger partial charge in [0.2, 0.25) is 0 Å². The predicted octanol–water partition coefficient (Wildman–Crippen LogP) is 6.00.